The number of nitrogens with zero attached hydrogens (tertiary/aromatic N) is 4. The Kier molecular flexibility index (Phi) is 6.18. The molecular weight excluding hydrogens is 538 g/mol. The predicted molar refractivity (Wildman–Crippen MR) is 135 cm³/mol. The van der Waals surface area contributed by atoms with E-state index in [2.05, 4.69) is 17.6 Å². The maximum Gasteiger partial charge on any atom is 0.337 e. The van der Waals surface area contributed by atoms with Crippen molar-refractivity contribution >= 4 is 41.6 Å². The lowest BCUT2D eigenvalue weighted by Crippen LogP contribution is -2.67. The van der Waals surface area contributed by atoms with Gasteiger partial charge < -0.3 is 10.6 Å². The summed E-state index contributed by atoms with van der Waals surface area (Å²) >= 11 is 16.3. The van der Waals surface area contributed by atoms with Gasteiger partial charge in [-0.15, -0.1) is 0 Å². The highest BCUT2D eigenvalue weighted by molar-refractivity contribution is 7.80. The number of anilines is 1. The number of halogens is 5. The van der Waals surface area contributed by atoms with Crippen LogP contribution in [0, 0.1) is 11.2 Å². The molecule has 1 saturated heterocycles. The van der Waals surface area contributed by atoms with Crippen molar-refractivity contribution in [2.75, 3.05) is 18.0 Å². The van der Waals surface area contributed by atoms with Crippen LogP contribution in [-0.2, 0) is 6.54 Å². The molecule has 2 aromatic heterocycles. The van der Waals surface area contributed by atoms with Crippen LogP contribution in [-0.4, -0.2) is 38.5 Å². The molecular formula is C23H20Cl2F3N5O2S. The monoisotopic (exact) mass is 557 g/mol. The fourth-order valence-electron chi connectivity index (χ4n) is 5.16. The molecule has 1 aromatic carbocycles. The second-order valence-electron chi connectivity index (χ2n) is 9.36. The van der Waals surface area contributed by atoms with Crippen molar-refractivity contribution in [2.45, 2.75) is 30.7 Å². The third-order valence-corrected chi connectivity index (χ3v) is 7.12. The zero-order valence-electron chi connectivity index (χ0n) is 18.6. The van der Waals surface area contributed by atoms with Gasteiger partial charge in [-0.2, -0.15) is 12.6 Å². The number of hydrogen-bond donors (Lipinski definition) is 2. The molecule has 0 amide bonds. The third kappa shape index (κ3) is 4.31. The van der Waals surface area contributed by atoms with Crippen molar-refractivity contribution in [2.24, 2.45) is 11.1 Å². The van der Waals surface area contributed by atoms with Crippen LogP contribution < -0.4 is 21.9 Å². The maximum atomic E-state index is 14.0. The Labute approximate surface area is 218 Å². The van der Waals surface area contributed by atoms with Crippen molar-refractivity contribution in [3.63, 3.8) is 0 Å². The van der Waals surface area contributed by atoms with Crippen LogP contribution in [0.15, 0.2) is 46.2 Å². The van der Waals surface area contributed by atoms with Crippen molar-refractivity contribution in [1.29, 1.82) is 0 Å². The van der Waals surface area contributed by atoms with E-state index in [1.165, 1.54) is 35.2 Å². The summed E-state index contributed by atoms with van der Waals surface area (Å²) in [6.45, 7) is 0.328. The number of benzene rings is 1. The summed E-state index contributed by atoms with van der Waals surface area (Å²) in [4.78, 5) is 33.2. The van der Waals surface area contributed by atoms with E-state index >= 15 is 0 Å². The van der Waals surface area contributed by atoms with Gasteiger partial charge in [-0.3, -0.25) is 14.3 Å². The van der Waals surface area contributed by atoms with Crippen LogP contribution in [0.5, 0.6) is 0 Å². The van der Waals surface area contributed by atoms with Crippen LogP contribution in [0.4, 0.5) is 19.0 Å². The first-order valence-electron chi connectivity index (χ1n) is 10.9. The first kappa shape index (κ1) is 25.2. The summed E-state index contributed by atoms with van der Waals surface area (Å²) in [5.41, 5.74) is 4.25. The SMILES string of the molecule is N[C@H](S)Cn1c(N2CC3(C2)CC(F)(F)C3)c(-c2ccc(F)c(Cl)c2)c(=O)n(-c2cncc(Cl)c2)c1=O. The van der Waals surface area contributed by atoms with Crippen molar-refractivity contribution in [3.05, 3.63) is 73.4 Å². The van der Waals surface area contributed by atoms with Gasteiger partial charge in [0.1, 0.15) is 11.6 Å². The summed E-state index contributed by atoms with van der Waals surface area (Å²) in [6.07, 6.45) is 2.11. The topological polar surface area (TPSA) is 86.2 Å². The van der Waals surface area contributed by atoms with Crippen LogP contribution in [0.1, 0.15) is 12.8 Å². The number of pyridine rings is 1. The minimum atomic E-state index is -2.73. The lowest BCUT2D eigenvalue weighted by atomic mass is 9.61. The molecule has 1 spiro atoms. The lowest BCUT2D eigenvalue weighted by molar-refractivity contribution is -0.170. The lowest BCUT2D eigenvalue weighted by Gasteiger charge is -2.59. The number of aromatic nitrogens is 3. The highest BCUT2D eigenvalue weighted by Gasteiger charge is 2.62. The van der Waals surface area contributed by atoms with Gasteiger partial charge in [-0.25, -0.2) is 22.5 Å². The first-order chi connectivity index (χ1) is 16.9. The molecule has 2 fully saturated rings. The number of hydrogen-bond acceptors (Lipinski definition) is 6. The molecule has 5 rings (SSSR count). The van der Waals surface area contributed by atoms with Gasteiger partial charge in [0.15, 0.2) is 0 Å². The Bertz CT molecular complexity index is 1480. The van der Waals surface area contributed by atoms with Gasteiger partial charge in [-0.1, -0.05) is 29.3 Å². The Hall–Kier alpha value is -2.47. The van der Waals surface area contributed by atoms with E-state index in [4.69, 9.17) is 28.9 Å². The average molecular weight is 558 g/mol. The molecule has 0 radical (unpaired) electrons. The maximum absolute atomic E-state index is 14.0. The molecule has 3 aromatic rings. The highest BCUT2D eigenvalue weighted by Crippen LogP contribution is 2.57. The summed E-state index contributed by atoms with van der Waals surface area (Å²) < 4.78 is 43.4. The quantitative estimate of drug-likeness (QED) is 0.366. The fraction of sp³-hybridized carbons (Fsp3) is 0.348. The average Bonchev–Trinajstić information content (AvgIpc) is 2.74. The van der Waals surface area contributed by atoms with Gasteiger partial charge in [0.2, 0.25) is 5.92 Å². The van der Waals surface area contributed by atoms with E-state index in [1.54, 1.807) is 4.90 Å². The molecule has 1 saturated carbocycles. The number of thiol groups is 1. The molecule has 3 heterocycles. The molecule has 36 heavy (non-hydrogen) atoms. The second-order valence-corrected chi connectivity index (χ2v) is 10.9. The minimum Gasteiger partial charge on any atom is -0.356 e. The van der Waals surface area contributed by atoms with E-state index in [9.17, 15) is 22.8 Å². The summed E-state index contributed by atoms with van der Waals surface area (Å²) in [5, 5.41) is -0.823. The van der Waals surface area contributed by atoms with Crippen molar-refractivity contribution in [3.8, 4) is 16.8 Å². The van der Waals surface area contributed by atoms with Gasteiger partial charge in [0.25, 0.3) is 5.56 Å². The zero-order valence-corrected chi connectivity index (χ0v) is 21.0. The number of nitrogens with two attached hydrogens (primary N) is 1. The summed E-state index contributed by atoms with van der Waals surface area (Å²) in [6, 6.07) is 5.15. The van der Waals surface area contributed by atoms with Gasteiger partial charge in [0.05, 0.1) is 39.4 Å². The Balaban J connectivity index is 1.77. The van der Waals surface area contributed by atoms with E-state index in [0.29, 0.717) is 0 Å². The van der Waals surface area contributed by atoms with Crippen molar-refractivity contribution in [1.82, 2.24) is 14.1 Å². The molecule has 1 aliphatic carbocycles. The standard InChI is InChI=1S/C23H20Cl2F3N5O2S/c24-13-4-14(6-30-5-13)33-20(34)18(12-1-2-16(26)15(25)3-12)19(32(21(33)35)7-17(29)36)31-10-22(11-31)8-23(27,28)9-22/h1-6,17,36H,7-11,29H2/t17-/m1/s1. The fourth-order valence-corrected chi connectivity index (χ4v) is 5.67. The number of rotatable bonds is 5. The first-order valence-corrected chi connectivity index (χ1v) is 12.2. The van der Waals surface area contributed by atoms with E-state index in [-0.39, 0.29) is 65.2 Å². The molecule has 2 aliphatic rings. The van der Waals surface area contributed by atoms with Crippen LogP contribution in [0.2, 0.25) is 10.0 Å². The Morgan fingerprint density at radius 3 is 2.42 bits per heavy atom. The summed E-state index contributed by atoms with van der Waals surface area (Å²) in [5.74, 6) is -3.23. The molecule has 13 heteroatoms. The minimum absolute atomic E-state index is 0.0337. The van der Waals surface area contributed by atoms with E-state index < -0.39 is 33.8 Å². The van der Waals surface area contributed by atoms with Crippen molar-refractivity contribution < 1.29 is 13.2 Å². The largest absolute Gasteiger partial charge is 0.356 e. The highest BCUT2D eigenvalue weighted by atomic mass is 35.5. The Morgan fingerprint density at radius 2 is 1.83 bits per heavy atom. The zero-order chi connectivity index (χ0) is 26.0. The Morgan fingerprint density at radius 1 is 1.14 bits per heavy atom. The van der Waals surface area contributed by atoms with Gasteiger partial charge in [-0.05, 0) is 23.8 Å². The number of alkyl halides is 2. The molecule has 2 N–H and O–H groups in total. The van der Waals surface area contributed by atoms with Gasteiger partial charge >= 0.3 is 5.69 Å². The van der Waals surface area contributed by atoms with Crippen LogP contribution in [0.3, 0.4) is 0 Å². The van der Waals surface area contributed by atoms with Crippen LogP contribution in [0.25, 0.3) is 16.8 Å². The molecule has 0 unspecified atom stereocenters. The second kappa shape index (κ2) is 8.83. The smallest absolute Gasteiger partial charge is 0.337 e. The van der Waals surface area contributed by atoms with Crippen LogP contribution >= 0.6 is 35.8 Å². The molecule has 1 aliphatic heterocycles. The molecule has 1 atom stereocenters. The predicted octanol–water partition coefficient (Wildman–Crippen LogP) is 3.96. The summed E-state index contributed by atoms with van der Waals surface area (Å²) in [7, 11) is 0. The molecule has 7 nitrogen and oxygen atoms in total. The normalized spacial score (nSPS) is 18.6. The van der Waals surface area contributed by atoms with Gasteiger partial charge in [0, 0.05) is 37.5 Å². The van der Waals surface area contributed by atoms with E-state index in [1.807, 2.05) is 0 Å². The molecule has 0 bridgehead atoms. The third-order valence-electron chi connectivity index (χ3n) is 6.46. The van der Waals surface area contributed by atoms with E-state index in [0.717, 1.165) is 10.6 Å². The molecule has 190 valence electrons.